The number of piperazine rings is 1. The van der Waals surface area contributed by atoms with Crippen LogP contribution in [0.3, 0.4) is 0 Å². The number of amides is 1. The summed E-state index contributed by atoms with van der Waals surface area (Å²) in [6.07, 6.45) is 0.976. The van der Waals surface area contributed by atoms with Crippen LogP contribution in [0.2, 0.25) is 0 Å². The molecule has 1 N–H and O–H groups in total. The van der Waals surface area contributed by atoms with Crippen LogP contribution < -0.4 is 5.32 Å². The van der Waals surface area contributed by atoms with Crippen LogP contribution in [-0.2, 0) is 14.8 Å². The number of nitrogens with zero attached hydrogens (tertiary/aromatic N) is 2. The van der Waals surface area contributed by atoms with Gasteiger partial charge in [-0.2, -0.15) is 0 Å². The van der Waals surface area contributed by atoms with Crippen molar-refractivity contribution in [3.05, 3.63) is 0 Å². The van der Waals surface area contributed by atoms with Gasteiger partial charge in [-0.15, -0.1) is 12.4 Å². The SMILES string of the molecule is CC1CNCCN1C(=O)CCN1CCCS1(=O)=O.Cl. The third kappa shape index (κ3) is 4.05. The van der Waals surface area contributed by atoms with Crippen molar-refractivity contribution in [2.45, 2.75) is 25.8 Å². The lowest BCUT2D eigenvalue weighted by molar-refractivity contribution is -0.134. The van der Waals surface area contributed by atoms with E-state index in [-0.39, 0.29) is 30.1 Å². The lowest BCUT2D eigenvalue weighted by Crippen LogP contribution is -2.52. The van der Waals surface area contributed by atoms with Gasteiger partial charge >= 0.3 is 0 Å². The van der Waals surface area contributed by atoms with Crippen molar-refractivity contribution in [1.29, 1.82) is 0 Å². The van der Waals surface area contributed by atoms with Crippen molar-refractivity contribution < 1.29 is 13.2 Å². The van der Waals surface area contributed by atoms with Gasteiger partial charge < -0.3 is 10.2 Å². The van der Waals surface area contributed by atoms with E-state index in [1.165, 1.54) is 4.31 Å². The minimum absolute atomic E-state index is 0. The van der Waals surface area contributed by atoms with Gasteiger partial charge in [-0.1, -0.05) is 0 Å². The lowest BCUT2D eigenvalue weighted by atomic mass is 10.2. The van der Waals surface area contributed by atoms with Crippen molar-refractivity contribution in [2.75, 3.05) is 38.5 Å². The number of sulfonamides is 1. The van der Waals surface area contributed by atoms with Crippen LogP contribution >= 0.6 is 12.4 Å². The summed E-state index contributed by atoms with van der Waals surface area (Å²) in [5, 5.41) is 3.23. The summed E-state index contributed by atoms with van der Waals surface area (Å²) < 4.78 is 24.7. The third-order valence-electron chi connectivity index (χ3n) is 3.60. The van der Waals surface area contributed by atoms with E-state index in [4.69, 9.17) is 0 Å². The number of halogens is 1. The molecule has 0 radical (unpaired) electrons. The van der Waals surface area contributed by atoms with Crippen LogP contribution in [0, 0.1) is 0 Å². The molecule has 0 aromatic heterocycles. The van der Waals surface area contributed by atoms with Gasteiger partial charge in [-0.3, -0.25) is 4.79 Å². The van der Waals surface area contributed by atoms with Gasteiger partial charge in [0, 0.05) is 45.2 Å². The van der Waals surface area contributed by atoms with E-state index in [0.717, 1.165) is 13.1 Å². The maximum Gasteiger partial charge on any atom is 0.224 e. The second-order valence-corrected chi connectivity index (χ2v) is 7.05. The molecular weight excluding hydrogens is 290 g/mol. The van der Waals surface area contributed by atoms with Crippen molar-refractivity contribution in [3.63, 3.8) is 0 Å². The molecule has 2 aliphatic rings. The number of nitrogens with one attached hydrogen (secondary N) is 1. The first-order chi connectivity index (χ1) is 8.50. The smallest absolute Gasteiger partial charge is 0.224 e. The van der Waals surface area contributed by atoms with Crippen molar-refractivity contribution in [3.8, 4) is 0 Å². The highest BCUT2D eigenvalue weighted by Crippen LogP contribution is 2.14. The van der Waals surface area contributed by atoms with E-state index >= 15 is 0 Å². The van der Waals surface area contributed by atoms with Gasteiger partial charge in [0.25, 0.3) is 0 Å². The fourth-order valence-electron chi connectivity index (χ4n) is 2.52. The van der Waals surface area contributed by atoms with Crippen LogP contribution in [-0.4, -0.2) is 68.0 Å². The Kier molecular flexibility index (Phi) is 6.04. The first-order valence-corrected chi connectivity index (χ1v) is 8.09. The lowest BCUT2D eigenvalue weighted by Gasteiger charge is -2.34. The zero-order chi connectivity index (χ0) is 13.2. The number of hydrogen-bond acceptors (Lipinski definition) is 4. The van der Waals surface area contributed by atoms with Crippen molar-refractivity contribution in [2.24, 2.45) is 0 Å². The van der Waals surface area contributed by atoms with Crippen LogP contribution in [0.1, 0.15) is 19.8 Å². The molecule has 0 aliphatic carbocycles. The maximum absolute atomic E-state index is 12.1. The van der Waals surface area contributed by atoms with Crippen LogP contribution in [0.25, 0.3) is 0 Å². The van der Waals surface area contributed by atoms with E-state index in [2.05, 4.69) is 5.32 Å². The van der Waals surface area contributed by atoms with E-state index < -0.39 is 10.0 Å². The Labute approximate surface area is 121 Å². The fourth-order valence-corrected chi connectivity index (χ4v) is 4.05. The van der Waals surface area contributed by atoms with Gasteiger partial charge in [-0.25, -0.2) is 12.7 Å². The standard InChI is InChI=1S/C11H21N3O3S.ClH/c1-10-9-12-4-7-14(10)11(15)3-6-13-5-2-8-18(13,16)17;/h10,12H,2-9H2,1H3;1H. The molecule has 2 heterocycles. The molecule has 19 heavy (non-hydrogen) atoms. The second kappa shape index (κ2) is 6.88. The van der Waals surface area contributed by atoms with Crippen molar-refractivity contribution in [1.82, 2.24) is 14.5 Å². The Balaban J connectivity index is 0.00000180. The number of carbonyl (C=O) groups excluding carboxylic acids is 1. The zero-order valence-electron chi connectivity index (χ0n) is 11.2. The minimum Gasteiger partial charge on any atom is -0.337 e. The summed E-state index contributed by atoms with van der Waals surface area (Å²) in [6, 6.07) is 0.196. The summed E-state index contributed by atoms with van der Waals surface area (Å²) in [6.45, 7) is 5.25. The summed E-state index contributed by atoms with van der Waals surface area (Å²) in [4.78, 5) is 13.9. The highest BCUT2D eigenvalue weighted by molar-refractivity contribution is 7.89. The number of carbonyl (C=O) groups is 1. The van der Waals surface area contributed by atoms with E-state index in [9.17, 15) is 13.2 Å². The molecule has 8 heteroatoms. The van der Waals surface area contributed by atoms with Gasteiger partial charge in [0.1, 0.15) is 0 Å². The van der Waals surface area contributed by atoms with Gasteiger partial charge in [0.15, 0.2) is 0 Å². The molecule has 2 rings (SSSR count). The second-order valence-electron chi connectivity index (χ2n) is 4.96. The molecule has 0 bridgehead atoms. The summed E-state index contributed by atoms with van der Waals surface area (Å²) in [5.74, 6) is 0.289. The largest absolute Gasteiger partial charge is 0.337 e. The quantitative estimate of drug-likeness (QED) is 0.774. The summed E-state index contributed by atoms with van der Waals surface area (Å²) in [5.41, 5.74) is 0. The van der Waals surface area contributed by atoms with E-state index in [0.29, 0.717) is 32.5 Å². The highest BCUT2D eigenvalue weighted by Gasteiger charge is 2.29. The van der Waals surface area contributed by atoms with Gasteiger partial charge in [0.2, 0.25) is 15.9 Å². The average molecular weight is 312 g/mol. The molecule has 1 amide bonds. The predicted molar refractivity (Wildman–Crippen MR) is 75.9 cm³/mol. The summed E-state index contributed by atoms with van der Waals surface area (Å²) >= 11 is 0. The third-order valence-corrected chi connectivity index (χ3v) is 5.56. The normalized spacial score (nSPS) is 27.0. The Bertz CT molecular complexity index is 415. The van der Waals surface area contributed by atoms with Gasteiger partial charge in [0.05, 0.1) is 5.75 Å². The molecule has 6 nitrogen and oxygen atoms in total. The van der Waals surface area contributed by atoms with E-state index in [1.54, 1.807) is 0 Å². The molecule has 0 aromatic carbocycles. The number of rotatable bonds is 3. The molecule has 2 aliphatic heterocycles. The average Bonchev–Trinajstić information content (AvgIpc) is 2.66. The number of hydrogen-bond donors (Lipinski definition) is 1. The molecule has 112 valence electrons. The maximum atomic E-state index is 12.1. The Morgan fingerprint density at radius 3 is 2.68 bits per heavy atom. The molecule has 1 unspecified atom stereocenters. The summed E-state index contributed by atoms with van der Waals surface area (Å²) in [7, 11) is -3.08. The van der Waals surface area contributed by atoms with E-state index in [1.807, 2.05) is 11.8 Å². The molecule has 0 saturated carbocycles. The monoisotopic (exact) mass is 311 g/mol. The first kappa shape index (κ1) is 16.7. The molecule has 0 aromatic rings. The van der Waals surface area contributed by atoms with Crippen LogP contribution in [0.15, 0.2) is 0 Å². The van der Waals surface area contributed by atoms with Crippen molar-refractivity contribution >= 4 is 28.3 Å². The van der Waals surface area contributed by atoms with Gasteiger partial charge in [-0.05, 0) is 13.3 Å². The fraction of sp³-hybridized carbons (Fsp3) is 0.909. The van der Waals surface area contributed by atoms with Crippen LogP contribution in [0.5, 0.6) is 0 Å². The van der Waals surface area contributed by atoms with Crippen LogP contribution in [0.4, 0.5) is 0 Å². The molecule has 1 atom stereocenters. The predicted octanol–water partition coefficient (Wildman–Crippen LogP) is -0.346. The Hall–Kier alpha value is -0.370. The Morgan fingerprint density at radius 1 is 1.37 bits per heavy atom. The Morgan fingerprint density at radius 2 is 2.11 bits per heavy atom. The highest BCUT2D eigenvalue weighted by atomic mass is 35.5. The first-order valence-electron chi connectivity index (χ1n) is 6.49. The molecule has 2 fully saturated rings. The molecule has 0 spiro atoms. The topological polar surface area (TPSA) is 69.7 Å². The molecular formula is C11H22ClN3O3S. The zero-order valence-corrected chi connectivity index (χ0v) is 12.8. The molecule has 2 saturated heterocycles. The minimum atomic E-state index is -3.08.